The van der Waals surface area contributed by atoms with E-state index in [9.17, 15) is 24.0 Å². The second-order valence-corrected chi connectivity index (χ2v) is 16.8. The smallest absolute Gasteiger partial charge is 0.408 e. The van der Waals surface area contributed by atoms with E-state index in [0.717, 1.165) is 33.4 Å². The second kappa shape index (κ2) is 25.8. The van der Waals surface area contributed by atoms with Gasteiger partial charge in [0.2, 0.25) is 0 Å². The molecule has 3 amide bonds. The van der Waals surface area contributed by atoms with Crippen LogP contribution < -0.4 is 21.7 Å². The average molecular weight is 875 g/mol. The molecule has 4 rings (SSSR count). The number of alkyl carbamates (subject to hydrolysis) is 3. The van der Waals surface area contributed by atoms with E-state index in [1.165, 1.54) is 23.5 Å². The highest BCUT2D eigenvalue weighted by Gasteiger charge is 2.26. The number of amides is 3. The van der Waals surface area contributed by atoms with Crippen LogP contribution in [0.1, 0.15) is 43.0 Å². The SMILES string of the molecule is CC(C)(C)OC(=O)N[C@@H](CSCCNC(=O)OCc1ccccc1)C(=O)OCc1cccc(-c2ccc(COC(=O)NCCSC[C@H](N)C(=O)OCc3ccccc3)cc2)c1. The molecule has 0 saturated carbocycles. The van der Waals surface area contributed by atoms with Crippen LogP contribution in [0.25, 0.3) is 11.1 Å². The molecule has 16 heteroatoms. The summed E-state index contributed by atoms with van der Waals surface area (Å²) in [5.41, 5.74) is 10.2. The van der Waals surface area contributed by atoms with E-state index in [2.05, 4.69) is 16.0 Å². The number of benzene rings is 4. The molecule has 0 saturated heterocycles. The van der Waals surface area contributed by atoms with Crippen LogP contribution in [0, 0.1) is 0 Å². The zero-order valence-electron chi connectivity index (χ0n) is 34.6. The van der Waals surface area contributed by atoms with Gasteiger partial charge in [0, 0.05) is 36.1 Å². The number of carbonyl (C=O) groups excluding carboxylic acids is 5. The number of esters is 2. The summed E-state index contributed by atoms with van der Waals surface area (Å²) < 4.78 is 26.9. The van der Waals surface area contributed by atoms with Crippen LogP contribution in [0.5, 0.6) is 0 Å². The van der Waals surface area contributed by atoms with Crippen LogP contribution in [0.3, 0.4) is 0 Å². The standard InChI is InChI=1S/C45H54N4O10S2/c1-45(2,3)59-44(54)49-39(31-61-24-22-48-42(52)57-27-33-13-8-5-9-14-33)41(51)56-29-35-15-10-16-37(25-35)36-19-17-34(18-20-36)28-58-43(53)47-21-23-60-30-38(46)40(50)55-26-32-11-6-4-7-12-32/h4-20,25,38-39H,21-24,26-31,46H2,1-3H3,(H,47,53)(H,48,52)(H,49,54)/t38-,39-/m0/s1. The first kappa shape index (κ1) is 48.0. The number of carbonyl (C=O) groups is 5. The van der Waals surface area contributed by atoms with E-state index in [1.807, 2.05) is 109 Å². The molecule has 0 heterocycles. The van der Waals surface area contributed by atoms with Gasteiger partial charge in [-0.15, -0.1) is 0 Å². The lowest BCUT2D eigenvalue weighted by atomic mass is 10.0. The lowest BCUT2D eigenvalue weighted by Crippen LogP contribution is -2.45. The molecule has 2 atom stereocenters. The zero-order valence-corrected chi connectivity index (χ0v) is 36.2. The molecule has 0 aliphatic carbocycles. The Kier molecular flexibility index (Phi) is 20.3. The fraction of sp³-hybridized carbons (Fsp3) is 0.356. The molecule has 0 unspecified atom stereocenters. The summed E-state index contributed by atoms with van der Waals surface area (Å²) in [6, 6.07) is 32.0. The predicted octanol–water partition coefficient (Wildman–Crippen LogP) is 6.98. The van der Waals surface area contributed by atoms with E-state index in [-0.39, 0.29) is 38.7 Å². The highest BCUT2D eigenvalue weighted by atomic mass is 32.2. The third kappa shape index (κ3) is 19.5. The predicted molar refractivity (Wildman–Crippen MR) is 237 cm³/mol. The van der Waals surface area contributed by atoms with E-state index in [1.54, 1.807) is 20.8 Å². The summed E-state index contributed by atoms with van der Waals surface area (Å²) in [5.74, 6) is 0.424. The Bertz CT molecular complexity index is 1980. The maximum atomic E-state index is 13.2. The summed E-state index contributed by atoms with van der Waals surface area (Å²) in [7, 11) is 0. The first-order valence-corrected chi connectivity index (χ1v) is 22.0. The molecular weight excluding hydrogens is 821 g/mol. The van der Waals surface area contributed by atoms with Gasteiger partial charge in [0.25, 0.3) is 0 Å². The van der Waals surface area contributed by atoms with Gasteiger partial charge in [-0.3, -0.25) is 4.79 Å². The molecule has 0 aromatic heterocycles. The summed E-state index contributed by atoms with van der Waals surface area (Å²) in [4.78, 5) is 62.3. The molecule has 4 aromatic carbocycles. The van der Waals surface area contributed by atoms with Crippen LogP contribution in [0.15, 0.2) is 109 Å². The van der Waals surface area contributed by atoms with Crippen molar-refractivity contribution in [2.24, 2.45) is 5.73 Å². The topological polar surface area (TPSA) is 194 Å². The Labute approximate surface area is 365 Å². The van der Waals surface area contributed by atoms with Gasteiger partial charge in [0.15, 0.2) is 0 Å². The van der Waals surface area contributed by atoms with Crippen molar-refractivity contribution in [1.29, 1.82) is 0 Å². The number of nitrogens with one attached hydrogen (secondary N) is 3. The minimum Gasteiger partial charge on any atom is -0.460 e. The molecule has 0 spiro atoms. The van der Waals surface area contributed by atoms with Gasteiger partial charge in [0.05, 0.1) is 0 Å². The highest BCUT2D eigenvalue weighted by molar-refractivity contribution is 7.99. The molecule has 326 valence electrons. The van der Waals surface area contributed by atoms with Crippen molar-refractivity contribution in [2.45, 2.75) is 64.9 Å². The van der Waals surface area contributed by atoms with Gasteiger partial charge in [-0.2, -0.15) is 23.5 Å². The van der Waals surface area contributed by atoms with E-state index >= 15 is 0 Å². The normalized spacial score (nSPS) is 11.9. The molecule has 61 heavy (non-hydrogen) atoms. The van der Waals surface area contributed by atoms with Gasteiger partial charge >= 0.3 is 30.2 Å². The molecule has 0 aliphatic rings. The lowest BCUT2D eigenvalue weighted by Gasteiger charge is -2.23. The Morgan fingerprint density at radius 3 is 1.62 bits per heavy atom. The number of thioether (sulfide) groups is 2. The van der Waals surface area contributed by atoms with E-state index in [0.29, 0.717) is 23.8 Å². The van der Waals surface area contributed by atoms with Crippen molar-refractivity contribution in [1.82, 2.24) is 16.0 Å². The highest BCUT2D eigenvalue weighted by Crippen LogP contribution is 2.22. The van der Waals surface area contributed by atoms with E-state index in [4.69, 9.17) is 29.4 Å². The molecular formula is C45H54N4O10S2. The molecule has 5 N–H and O–H groups in total. The third-order valence-corrected chi connectivity index (χ3v) is 10.4. The van der Waals surface area contributed by atoms with Crippen LogP contribution >= 0.6 is 23.5 Å². The van der Waals surface area contributed by atoms with Crippen molar-refractivity contribution in [2.75, 3.05) is 36.1 Å². The Morgan fingerprint density at radius 2 is 1.05 bits per heavy atom. The summed E-state index contributed by atoms with van der Waals surface area (Å²) in [6.45, 7) is 6.16. The van der Waals surface area contributed by atoms with Crippen molar-refractivity contribution >= 4 is 53.7 Å². The number of hydrogen-bond donors (Lipinski definition) is 4. The Balaban J connectivity index is 1.16. The fourth-order valence-electron chi connectivity index (χ4n) is 5.25. The molecule has 0 aliphatic heterocycles. The number of ether oxygens (including phenoxy) is 5. The van der Waals surface area contributed by atoms with E-state index < -0.39 is 47.9 Å². The van der Waals surface area contributed by atoms with Gasteiger partial charge in [-0.1, -0.05) is 103 Å². The van der Waals surface area contributed by atoms with Gasteiger partial charge < -0.3 is 45.4 Å². The van der Waals surface area contributed by atoms with Crippen LogP contribution in [-0.2, 0) is 59.7 Å². The number of rotatable bonds is 22. The maximum absolute atomic E-state index is 13.2. The van der Waals surface area contributed by atoms with Crippen LogP contribution in [0.2, 0.25) is 0 Å². The van der Waals surface area contributed by atoms with Crippen LogP contribution in [0.4, 0.5) is 14.4 Å². The van der Waals surface area contributed by atoms with Gasteiger partial charge in [-0.05, 0) is 60.2 Å². The van der Waals surface area contributed by atoms with Crippen molar-refractivity contribution in [3.05, 3.63) is 131 Å². The zero-order chi connectivity index (χ0) is 43.9. The number of hydrogen-bond acceptors (Lipinski definition) is 13. The maximum Gasteiger partial charge on any atom is 0.408 e. The largest absolute Gasteiger partial charge is 0.460 e. The molecule has 0 radical (unpaired) electrons. The quantitative estimate of drug-likeness (QED) is 0.0359. The molecule has 0 bridgehead atoms. The molecule has 0 fully saturated rings. The summed E-state index contributed by atoms with van der Waals surface area (Å²) in [5, 5.41) is 7.99. The monoisotopic (exact) mass is 874 g/mol. The Hall–Kier alpha value is -5.71. The number of nitrogens with two attached hydrogens (primary N) is 1. The second-order valence-electron chi connectivity index (χ2n) is 14.5. The third-order valence-electron chi connectivity index (χ3n) is 8.29. The van der Waals surface area contributed by atoms with Gasteiger partial charge in [0.1, 0.15) is 44.1 Å². The minimum atomic E-state index is -1.00. The first-order chi connectivity index (χ1) is 29.3. The van der Waals surface area contributed by atoms with Gasteiger partial charge in [-0.25, -0.2) is 19.2 Å². The lowest BCUT2D eigenvalue weighted by molar-refractivity contribution is -0.147. The van der Waals surface area contributed by atoms with Crippen LogP contribution in [-0.4, -0.2) is 84.0 Å². The van der Waals surface area contributed by atoms with Crippen molar-refractivity contribution < 1.29 is 47.7 Å². The summed E-state index contributed by atoms with van der Waals surface area (Å²) in [6.07, 6.45) is -1.86. The summed E-state index contributed by atoms with van der Waals surface area (Å²) >= 11 is 2.78. The first-order valence-electron chi connectivity index (χ1n) is 19.7. The molecule has 4 aromatic rings. The minimum absolute atomic E-state index is 0.0354. The van der Waals surface area contributed by atoms with Crippen molar-refractivity contribution in [3.8, 4) is 11.1 Å². The Morgan fingerprint density at radius 1 is 0.557 bits per heavy atom. The average Bonchev–Trinajstić information content (AvgIpc) is 3.25. The van der Waals surface area contributed by atoms with Crippen molar-refractivity contribution in [3.63, 3.8) is 0 Å². The molecule has 14 nitrogen and oxygen atoms in total. The fourth-order valence-corrected chi connectivity index (χ4v) is 6.92.